The van der Waals surface area contributed by atoms with E-state index in [2.05, 4.69) is 0 Å². The average molecular weight is 388 g/mol. The minimum Gasteiger partial charge on any atom is -0.478 e. The SMILES string of the molecule is O=C(O)c1cccc(N2C(=O)CN(c3ccc(Oc4ccccc4)cc3)C2=O)c1. The van der Waals surface area contributed by atoms with Gasteiger partial charge < -0.3 is 9.84 Å². The highest BCUT2D eigenvalue weighted by Crippen LogP contribution is 2.29. The lowest BCUT2D eigenvalue weighted by atomic mass is 10.2. The molecule has 1 N–H and O–H groups in total. The number of carbonyl (C=O) groups excluding carboxylic acids is 2. The molecule has 0 radical (unpaired) electrons. The summed E-state index contributed by atoms with van der Waals surface area (Å²) in [5.74, 6) is -0.264. The summed E-state index contributed by atoms with van der Waals surface area (Å²) in [7, 11) is 0. The molecule has 144 valence electrons. The molecule has 1 aliphatic heterocycles. The van der Waals surface area contributed by atoms with Crippen molar-refractivity contribution < 1.29 is 24.2 Å². The van der Waals surface area contributed by atoms with Crippen LogP contribution in [0.25, 0.3) is 0 Å². The molecule has 0 aliphatic carbocycles. The number of rotatable bonds is 5. The van der Waals surface area contributed by atoms with E-state index in [0.29, 0.717) is 17.2 Å². The van der Waals surface area contributed by atoms with E-state index in [9.17, 15) is 14.4 Å². The van der Waals surface area contributed by atoms with E-state index in [0.717, 1.165) is 4.90 Å². The fourth-order valence-electron chi connectivity index (χ4n) is 3.05. The van der Waals surface area contributed by atoms with Crippen LogP contribution in [-0.4, -0.2) is 29.6 Å². The largest absolute Gasteiger partial charge is 0.478 e. The Bertz CT molecular complexity index is 1080. The lowest BCUT2D eigenvalue weighted by Crippen LogP contribution is -2.33. The number of aromatic carboxylic acids is 1. The van der Waals surface area contributed by atoms with Gasteiger partial charge in [-0.3, -0.25) is 9.69 Å². The van der Waals surface area contributed by atoms with Crippen molar-refractivity contribution in [2.45, 2.75) is 0 Å². The molecular weight excluding hydrogens is 372 g/mol. The van der Waals surface area contributed by atoms with Crippen molar-refractivity contribution in [3.63, 3.8) is 0 Å². The van der Waals surface area contributed by atoms with Gasteiger partial charge in [0.1, 0.15) is 18.0 Å². The molecule has 0 spiro atoms. The van der Waals surface area contributed by atoms with Crippen LogP contribution in [0.4, 0.5) is 16.2 Å². The van der Waals surface area contributed by atoms with Gasteiger partial charge in [0.25, 0.3) is 5.91 Å². The number of carboxylic acid groups (broad SMARTS) is 1. The molecule has 1 heterocycles. The van der Waals surface area contributed by atoms with E-state index in [1.807, 2.05) is 30.3 Å². The van der Waals surface area contributed by atoms with E-state index >= 15 is 0 Å². The molecule has 3 aromatic carbocycles. The van der Waals surface area contributed by atoms with Gasteiger partial charge in [-0.05, 0) is 54.6 Å². The van der Waals surface area contributed by atoms with E-state index in [4.69, 9.17) is 9.84 Å². The zero-order valence-corrected chi connectivity index (χ0v) is 15.2. The molecule has 0 aromatic heterocycles. The highest BCUT2D eigenvalue weighted by atomic mass is 16.5. The molecule has 7 nitrogen and oxygen atoms in total. The van der Waals surface area contributed by atoms with E-state index in [1.54, 1.807) is 24.3 Å². The van der Waals surface area contributed by atoms with Gasteiger partial charge in [0.2, 0.25) is 0 Å². The highest BCUT2D eigenvalue weighted by molar-refractivity contribution is 6.27. The molecule has 4 rings (SSSR count). The number of amides is 3. The van der Waals surface area contributed by atoms with Crippen LogP contribution >= 0.6 is 0 Å². The van der Waals surface area contributed by atoms with Gasteiger partial charge in [-0.25, -0.2) is 14.5 Å². The third-order valence-electron chi connectivity index (χ3n) is 4.44. The van der Waals surface area contributed by atoms with Crippen molar-refractivity contribution in [2.75, 3.05) is 16.3 Å². The Balaban J connectivity index is 1.54. The molecule has 1 saturated heterocycles. The topological polar surface area (TPSA) is 87.2 Å². The second-order valence-electron chi connectivity index (χ2n) is 6.36. The maximum atomic E-state index is 12.8. The van der Waals surface area contributed by atoms with Crippen molar-refractivity contribution in [3.05, 3.63) is 84.4 Å². The number of hydrogen-bond acceptors (Lipinski definition) is 4. The first-order valence-corrected chi connectivity index (χ1v) is 8.84. The van der Waals surface area contributed by atoms with Crippen LogP contribution in [0.3, 0.4) is 0 Å². The molecule has 29 heavy (non-hydrogen) atoms. The fourth-order valence-corrected chi connectivity index (χ4v) is 3.05. The van der Waals surface area contributed by atoms with Crippen LogP contribution in [0.2, 0.25) is 0 Å². The van der Waals surface area contributed by atoms with Crippen LogP contribution < -0.4 is 14.5 Å². The maximum absolute atomic E-state index is 12.8. The summed E-state index contributed by atoms with van der Waals surface area (Å²) in [5.41, 5.74) is 0.774. The molecule has 1 fully saturated rings. The monoisotopic (exact) mass is 388 g/mol. The van der Waals surface area contributed by atoms with Crippen LogP contribution in [0.5, 0.6) is 11.5 Å². The Morgan fingerprint density at radius 3 is 2.21 bits per heavy atom. The fraction of sp³-hybridized carbons (Fsp3) is 0.0455. The van der Waals surface area contributed by atoms with E-state index in [-0.39, 0.29) is 17.8 Å². The quantitative estimate of drug-likeness (QED) is 0.664. The summed E-state index contributed by atoms with van der Waals surface area (Å²) in [6.45, 7) is -0.130. The van der Waals surface area contributed by atoms with Gasteiger partial charge in [0.15, 0.2) is 0 Å². The number of nitrogens with zero attached hydrogens (tertiary/aromatic N) is 2. The summed E-state index contributed by atoms with van der Waals surface area (Å²) in [6.07, 6.45) is 0. The Morgan fingerprint density at radius 1 is 0.828 bits per heavy atom. The Hall–Kier alpha value is -4.13. The van der Waals surface area contributed by atoms with Crippen LogP contribution in [0.1, 0.15) is 10.4 Å². The third kappa shape index (κ3) is 3.66. The second kappa shape index (κ2) is 7.47. The van der Waals surface area contributed by atoms with Gasteiger partial charge >= 0.3 is 12.0 Å². The predicted octanol–water partition coefficient (Wildman–Crippen LogP) is 4.15. The van der Waals surface area contributed by atoms with E-state index < -0.39 is 17.9 Å². The third-order valence-corrected chi connectivity index (χ3v) is 4.44. The van der Waals surface area contributed by atoms with Gasteiger partial charge in [-0.15, -0.1) is 0 Å². The van der Waals surface area contributed by atoms with Crippen molar-refractivity contribution >= 4 is 29.3 Å². The molecule has 0 bridgehead atoms. The Kier molecular flexibility index (Phi) is 4.70. The van der Waals surface area contributed by atoms with Crippen molar-refractivity contribution in [1.29, 1.82) is 0 Å². The first kappa shape index (κ1) is 18.2. The zero-order valence-electron chi connectivity index (χ0n) is 15.2. The predicted molar refractivity (Wildman–Crippen MR) is 107 cm³/mol. The molecule has 0 atom stereocenters. The van der Waals surface area contributed by atoms with Crippen molar-refractivity contribution in [2.24, 2.45) is 0 Å². The number of anilines is 2. The van der Waals surface area contributed by atoms with Crippen LogP contribution in [0.15, 0.2) is 78.9 Å². The van der Waals surface area contributed by atoms with Gasteiger partial charge in [0, 0.05) is 5.69 Å². The number of carboxylic acids is 1. The first-order valence-electron chi connectivity index (χ1n) is 8.84. The Morgan fingerprint density at radius 2 is 1.52 bits per heavy atom. The number of para-hydroxylation sites is 1. The Labute approximate surface area is 166 Å². The summed E-state index contributed by atoms with van der Waals surface area (Å²) < 4.78 is 5.73. The maximum Gasteiger partial charge on any atom is 0.336 e. The molecule has 0 saturated carbocycles. The number of benzene rings is 3. The number of urea groups is 1. The number of carbonyl (C=O) groups is 3. The molecule has 3 aromatic rings. The summed E-state index contributed by atoms with van der Waals surface area (Å²) >= 11 is 0. The lowest BCUT2D eigenvalue weighted by Gasteiger charge is -2.18. The highest BCUT2D eigenvalue weighted by Gasteiger charge is 2.38. The summed E-state index contributed by atoms with van der Waals surface area (Å²) in [4.78, 5) is 38.8. The zero-order chi connectivity index (χ0) is 20.4. The summed E-state index contributed by atoms with van der Waals surface area (Å²) in [5, 5.41) is 9.13. The van der Waals surface area contributed by atoms with Crippen LogP contribution in [-0.2, 0) is 4.79 Å². The van der Waals surface area contributed by atoms with E-state index in [1.165, 1.54) is 29.2 Å². The minimum absolute atomic E-state index is 0.00367. The molecule has 1 aliphatic rings. The van der Waals surface area contributed by atoms with Gasteiger partial charge in [0.05, 0.1) is 11.3 Å². The molecule has 7 heteroatoms. The standard InChI is InChI=1S/C22H16N2O5/c25-20-14-23(22(28)24(20)17-6-4-5-15(13-17)21(26)27)16-9-11-19(12-10-16)29-18-7-2-1-3-8-18/h1-13H,14H2,(H,26,27). The van der Waals surface area contributed by atoms with Crippen molar-refractivity contribution in [3.8, 4) is 11.5 Å². The normalized spacial score (nSPS) is 13.7. The van der Waals surface area contributed by atoms with Crippen molar-refractivity contribution in [1.82, 2.24) is 0 Å². The summed E-state index contributed by atoms with van der Waals surface area (Å²) in [6, 6.07) is 21.3. The molecular formula is C22H16N2O5. The average Bonchev–Trinajstić information content (AvgIpc) is 3.03. The minimum atomic E-state index is -1.13. The smallest absolute Gasteiger partial charge is 0.336 e. The number of hydrogen-bond donors (Lipinski definition) is 1. The second-order valence-corrected chi connectivity index (χ2v) is 6.36. The molecule has 0 unspecified atom stereocenters. The van der Waals surface area contributed by atoms with Gasteiger partial charge in [-0.1, -0.05) is 24.3 Å². The van der Waals surface area contributed by atoms with Gasteiger partial charge in [-0.2, -0.15) is 0 Å². The van der Waals surface area contributed by atoms with Crippen LogP contribution in [0, 0.1) is 0 Å². The number of ether oxygens (including phenoxy) is 1. The first-order chi connectivity index (χ1) is 14.0. The molecule has 3 amide bonds. The number of imide groups is 1. The lowest BCUT2D eigenvalue weighted by molar-refractivity contribution is -0.115.